The van der Waals surface area contributed by atoms with Gasteiger partial charge in [-0.1, -0.05) is 19.3 Å². The fourth-order valence-corrected chi connectivity index (χ4v) is 4.53. The molecule has 1 N–H and O–H groups in total. The van der Waals surface area contributed by atoms with Crippen molar-refractivity contribution in [1.29, 1.82) is 0 Å². The van der Waals surface area contributed by atoms with E-state index in [2.05, 4.69) is 10.3 Å². The van der Waals surface area contributed by atoms with Crippen LogP contribution in [0.5, 0.6) is 0 Å². The van der Waals surface area contributed by atoms with Crippen molar-refractivity contribution in [3.63, 3.8) is 0 Å². The highest BCUT2D eigenvalue weighted by atomic mass is 16.2. The van der Waals surface area contributed by atoms with Crippen LogP contribution in [-0.2, 0) is 16.8 Å². The number of rotatable bonds is 3. The van der Waals surface area contributed by atoms with E-state index in [1.807, 2.05) is 35.2 Å². The van der Waals surface area contributed by atoms with E-state index in [0.717, 1.165) is 30.6 Å². The fraction of sp³-hybridized carbons (Fsp3) is 0.409. The van der Waals surface area contributed by atoms with Crippen LogP contribution in [0.1, 0.15) is 60.5 Å². The molecule has 5 nitrogen and oxygen atoms in total. The monoisotopic (exact) mass is 363 g/mol. The summed E-state index contributed by atoms with van der Waals surface area (Å²) in [7, 11) is 0. The highest BCUT2D eigenvalue weighted by Gasteiger charge is 2.44. The van der Waals surface area contributed by atoms with E-state index in [0.29, 0.717) is 12.1 Å². The molecule has 0 bridgehead atoms. The van der Waals surface area contributed by atoms with E-state index >= 15 is 0 Å². The molecular formula is C22H25N3O2. The second kappa shape index (κ2) is 7.14. The summed E-state index contributed by atoms with van der Waals surface area (Å²) in [5.74, 6) is -0.00423. The third-order valence-corrected chi connectivity index (χ3v) is 5.97. The average Bonchev–Trinajstić information content (AvgIpc) is 3.01. The van der Waals surface area contributed by atoms with E-state index in [4.69, 9.17) is 0 Å². The standard InChI is InChI=1S/C22H25N3O2/c1-16(26)25-15-22(9-3-2-4-10-22)19-13-18(5-6-20(19)25)21(27)24-14-17-7-11-23-12-8-17/h5-8,11-13H,2-4,9-10,14-15H2,1H3,(H,24,27). The molecule has 2 aromatic rings. The molecular weight excluding hydrogens is 338 g/mol. The van der Waals surface area contributed by atoms with Gasteiger partial charge in [0.25, 0.3) is 5.91 Å². The number of nitrogens with zero attached hydrogens (tertiary/aromatic N) is 2. The summed E-state index contributed by atoms with van der Waals surface area (Å²) in [6.45, 7) is 2.85. The van der Waals surface area contributed by atoms with Crippen molar-refractivity contribution >= 4 is 17.5 Å². The minimum absolute atomic E-state index is 0.0145. The molecule has 1 saturated carbocycles. The van der Waals surface area contributed by atoms with Crippen molar-refractivity contribution in [1.82, 2.24) is 10.3 Å². The van der Waals surface area contributed by atoms with Crippen LogP contribution < -0.4 is 10.2 Å². The van der Waals surface area contributed by atoms with Gasteiger partial charge in [-0.15, -0.1) is 0 Å². The van der Waals surface area contributed by atoms with E-state index in [1.165, 1.54) is 24.8 Å². The zero-order chi connectivity index (χ0) is 18.9. The SMILES string of the molecule is CC(=O)N1CC2(CCCCC2)c2cc(C(=O)NCc3ccncc3)ccc21. The van der Waals surface area contributed by atoms with Gasteiger partial charge in [-0.3, -0.25) is 14.6 Å². The lowest BCUT2D eigenvalue weighted by molar-refractivity contribution is -0.116. The maximum Gasteiger partial charge on any atom is 0.251 e. The van der Waals surface area contributed by atoms with Crippen LogP contribution in [0.2, 0.25) is 0 Å². The lowest BCUT2D eigenvalue weighted by atomic mass is 9.70. The Kier molecular flexibility index (Phi) is 4.68. The molecule has 27 heavy (non-hydrogen) atoms. The first-order valence-corrected chi connectivity index (χ1v) is 9.69. The third-order valence-electron chi connectivity index (χ3n) is 5.97. The largest absolute Gasteiger partial charge is 0.348 e. The Morgan fingerprint density at radius 1 is 1.11 bits per heavy atom. The van der Waals surface area contributed by atoms with Crippen LogP contribution in [0.4, 0.5) is 5.69 Å². The van der Waals surface area contributed by atoms with Gasteiger partial charge in [-0.2, -0.15) is 0 Å². The molecule has 5 heteroatoms. The Hall–Kier alpha value is -2.69. The summed E-state index contributed by atoms with van der Waals surface area (Å²) in [5.41, 5.74) is 3.86. The predicted molar refractivity (Wildman–Crippen MR) is 105 cm³/mol. The number of carbonyl (C=O) groups is 2. The number of hydrogen-bond acceptors (Lipinski definition) is 3. The molecule has 2 aliphatic rings. The first kappa shape index (κ1) is 17.7. The van der Waals surface area contributed by atoms with E-state index in [9.17, 15) is 9.59 Å². The normalized spacial score (nSPS) is 17.6. The van der Waals surface area contributed by atoms with Crippen LogP contribution in [0.25, 0.3) is 0 Å². The highest BCUT2D eigenvalue weighted by molar-refractivity contribution is 5.98. The molecule has 1 aliphatic heterocycles. The van der Waals surface area contributed by atoms with Crippen LogP contribution >= 0.6 is 0 Å². The molecule has 0 saturated heterocycles. The molecule has 1 aromatic heterocycles. The van der Waals surface area contributed by atoms with Gasteiger partial charge < -0.3 is 10.2 Å². The van der Waals surface area contributed by atoms with Crippen molar-refractivity contribution in [3.05, 3.63) is 59.4 Å². The summed E-state index contributed by atoms with van der Waals surface area (Å²) in [5, 5.41) is 2.98. The molecule has 1 aliphatic carbocycles. The van der Waals surface area contributed by atoms with Gasteiger partial charge in [-0.25, -0.2) is 0 Å². The average molecular weight is 363 g/mol. The number of hydrogen-bond donors (Lipinski definition) is 1. The van der Waals surface area contributed by atoms with Gasteiger partial charge in [-0.05, 0) is 54.3 Å². The molecule has 140 valence electrons. The molecule has 0 unspecified atom stereocenters. The Labute approximate surface area is 159 Å². The number of nitrogens with one attached hydrogen (secondary N) is 1. The van der Waals surface area contributed by atoms with Gasteiger partial charge in [0.2, 0.25) is 5.91 Å². The van der Waals surface area contributed by atoms with Crippen LogP contribution in [0.15, 0.2) is 42.7 Å². The predicted octanol–water partition coefficient (Wildman–Crippen LogP) is 3.58. The molecule has 2 heterocycles. The Morgan fingerprint density at radius 3 is 2.56 bits per heavy atom. The number of fused-ring (bicyclic) bond motifs is 2. The second-order valence-electron chi connectivity index (χ2n) is 7.72. The van der Waals surface area contributed by atoms with E-state index < -0.39 is 0 Å². The molecule has 1 aromatic carbocycles. The molecule has 2 amide bonds. The molecule has 0 radical (unpaired) electrons. The summed E-state index contributed by atoms with van der Waals surface area (Å²) < 4.78 is 0. The Balaban J connectivity index is 1.60. The smallest absolute Gasteiger partial charge is 0.251 e. The quantitative estimate of drug-likeness (QED) is 0.907. The van der Waals surface area contributed by atoms with E-state index in [-0.39, 0.29) is 17.2 Å². The minimum Gasteiger partial charge on any atom is -0.348 e. The zero-order valence-corrected chi connectivity index (χ0v) is 15.7. The lowest BCUT2D eigenvalue weighted by Gasteiger charge is -2.34. The van der Waals surface area contributed by atoms with Gasteiger partial charge >= 0.3 is 0 Å². The van der Waals surface area contributed by atoms with Crippen molar-refractivity contribution in [2.45, 2.75) is 51.0 Å². The van der Waals surface area contributed by atoms with Crippen LogP contribution in [0, 0.1) is 0 Å². The third kappa shape index (κ3) is 3.34. The Bertz CT molecular complexity index is 857. The van der Waals surface area contributed by atoms with Crippen LogP contribution in [0.3, 0.4) is 0 Å². The lowest BCUT2D eigenvalue weighted by Crippen LogP contribution is -2.37. The second-order valence-corrected chi connectivity index (χ2v) is 7.72. The number of carbonyl (C=O) groups excluding carboxylic acids is 2. The number of benzene rings is 1. The summed E-state index contributed by atoms with van der Waals surface area (Å²) in [6.07, 6.45) is 9.24. The topological polar surface area (TPSA) is 62.3 Å². The maximum atomic E-state index is 12.7. The number of amides is 2. The van der Waals surface area contributed by atoms with Crippen LogP contribution in [-0.4, -0.2) is 23.3 Å². The first-order chi connectivity index (χ1) is 13.1. The highest BCUT2D eigenvalue weighted by Crippen LogP contribution is 2.49. The molecule has 0 atom stereocenters. The van der Waals surface area contributed by atoms with Crippen molar-refractivity contribution in [3.8, 4) is 0 Å². The maximum absolute atomic E-state index is 12.7. The van der Waals surface area contributed by atoms with Crippen molar-refractivity contribution in [2.24, 2.45) is 0 Å². The first-order valence-electron chi connectivity index (χ1n) is 9.69. The molecule has 1 spiro atoms. The summed E-state index contributed by atoms with van der Waals surface area (Å²) >= 11 is 0. The van der Waals surface area contributed by atoms with E-state index in [1.54, 1.807) is 19.3 Å². The Morgan fingerprint density at radius 2 is 1.85 bits per heavy atom. The van der Waals surface area contributed by atoms with Gasteiger partial charge in [0.15, 0.2) is 0 Å². The zero-order valence-electron chi connectivity index (χ0n) is 15.7. The summed E-state index contributed by atoms with van der Waals surface area (Å²) in [6, 6.07) is 9.58. The van der Waals surface area contributed by atoms with Crippen molar-refractivity contribution in [2.75, 3.05) is 11.4 Å². The number of anilines is 1. The van der Waals surface area contributed by atoms with Crippen molar-refractivity contribution < 1.29 is 9.59 Å². The van der Waals surface area contributed by atoms with Gasteiger partial charge in [0.05, 0.1) is 0 Å². The molecule has 1 fully saturated rings. The fourth-order valence-electron chi connectivity index (χ4n) is 4.53. The minimum atomic E-state index is -0.0816. The number of aromatic nitrogens is 1. The summed E-state index contributed by atoms with van der Waals surface area (Å²) in [4.78, 5) is 30.7. The number of pyridine rings is 1. The van der Waals surface area contributed by atoms with Gasteiger partial charge in [0, 0.05) is 49.1 Å². The van der Waals surface area contributed by atoms with Gasteiger partial charge in [0.1, 0.15) is 0 Å². The molecule has 4 rings (SSSR count).